The number of ether oxygens (including phenoxy) is 1. The summed E-state index contributed by atoms with van der Waals surface area (Å²) in [4.78, 5) is 39.9. The van der Waals surface area contributed by atoms with Crippen molar-refractivity contribution in [3.05, 3.63) is 109 Å². The van der Waals surface area contributed by atoms with Crippen molar-refractivity contribution in [2.75, 3.05) is 40.9 Å². The molecule has 0 aromatic carbocycles. The number of unbranched alkanes of at least 4 members (excludes halogenated alkanes) is 20. The van der Waals surface area contributed by atoms with Crippen molar-refractivity contribution < 1.29 is 37.3 Å². The number of hydrogen-bond acceptors (Lipinski definition) is 7. The molecule has 0 aliphatic carbocycles. The average molecular weight is 1050 g/mol. The highest BCUT2D eigenvalue weighted by atomic mass is 31.2. The summed E-state index contributed by atoms with van der Waals surface area (Å²) in [7, 11) is 1.14. The molecule has 9 nitrogen and oxygen atoms in total. The van der Waals surface area contributed by atoms with Gasteiger partial charge in [0.15, 0.2) is 0 Å². The maximum absolute atomic E-state index is 13.5. The van der Waals surface area contributed by atoms with Crippen LogP contribution in [0.1, 0.15) is 233 Å². The van der Waals surface area contributed by atoms with Gasteiger partial charge < -0.3 is 28.5 Å². The normalized spacial score (nSPS) is 14.5. The number of phosphoric acid groups is 1. The lowest BCUT2D eigenvalue weighted by atomic mass is 10.1. The maximum atomic E-state index is 13.5. The Bertz CT molecular complexity index is 1640. The Hall–Kier alpha value is -3.33. The summed E-state index contributed by atoms with van der Waals surface area (Å²) in [5.41, 5.74) is 0. The van der Waals surface area contributed by atoms with Crippen LogP contribution in [0.3, 0.4) is 0 Å². The Morgan fingerprint density at radius 1 is 0.486 bits per heavy atom. The molecule has 0 spiro atoms. The predicted molar refractivity (Wildman–Crippen MR) is 316 cm³/mol. The third-order valence-corrected chi connectivity index (χ3v) is 13.4. The van der Waals surface area contributed by atoms with Crippen LogP contribution in [0.4, 0.5) is 0 Å². The van der Waals surface area contributed by atoms with E-state index in [1.165, 1.54) is 64.2 Å². The Morgan fingerprint density at radius 2 is 0.865 bits per heavy atom. The van der Waals surface area contributed by atoms with E-state index in [-0.39, 0.29) is 31.3 Å². The third-order valence-electron chi connectivity index (χ3n) is 12.4. The summed E-state index contributed by atoms with van der Waals surface area (Å²) in [6.45, 7) is 6.57. The van der Waals surface area contributed by atoms with Gasteiger partial charge in [-0.25, -0.2) is 0 Å². The van der Waals surface area contributed by atoms with E-state index in [0.717, 1.165) is 122 Å². The van der Waals surface area contributed by atoms with Crippen LogP contribution in [-0.2, 0) is 27.9 Å². The van der Waals surface area contributed by atoms with Crippen molar-refractivity contribution in [2.24, 2.45) is 0 Å². The second-order valence-corrected chi connectivity index (χ2v) is 22.1. The van der Waals surface area contributed by atoms with Crippen molar-refractivity contribution in [3.8, 4) is 0 Å². The minimum absolute atomic E-state index is 0.0347. The summed E-state index contributed by atoms with van der Waals surface area (Å²) in [6, 6.07) is -0.911. The first kappa shape index (κ1) is 70.7. The minimum Gasteiger partial charge on any atom is -0.756 e. The van der Waals surface area contributed by atoms with Gasteiger partial charge in [-0.2, -0.15) is 0 Å². The highest BCUT2D eigenvalue weighted by molar-refractivity contribution is 7.45. The van der Waals surface area contributed by atoms with E-state index in [9.17, 15) is 19.0 Å². The molecule has 1 N–H and O–H groups in total. The molecule has 0 heterocycles. The van der Waals surface area contributed by atoms with Crippen molar-refractivity contribution in [2.45, 2.75) is 245 Å². The molecule has 0 aliphatic heterocycles. The van der Waals surface area contributed by atoms with Gasteiger partial charge in [0, 0.05) is 12.8 Å². The van der Waals surface area contributed by atoms with Crippen LogP contribution in [0.5, 0.6) is 0 Å². The Balaban J connectivity index is 5.29. The van der Waals surface area contributed by atoms with Crippen LogP contribution in [0.15, 0.2) is 109 Å². The number of rotatable bonds is 52. The summed E-state index contributed by atoms with van der Waals surface area (Å²) in [5, 5.41) is 3.00. The van der Waals surface area contributed by atoms with E-state index in [2.05, 4.69) is 123 Å². The number of allylic oxidation sites excluding steroid dienone is 17. The van der Waals surface area contributed by atoms with E-state index < -0.39 is 26.6 Å². The molecule has 0 aromatic heterocycles. The Morgan fingerprint density at radius 3 is 1.30 bits per heavy atom. The lowest BCUT2D eigenvalue weighted by molar-refractivity contribution is -0.870. The molecule has 0 radical (unpaired) electrons. The van der Waals surface area contributed by atoms with Crippen LogP contribution >= 0.6 is 7.82 Å². The van der Waals surface area contributed by atoms with Crippen LogP contribution in [-0.4, -0.2) is 69.4 Å². The summed E-state index contributed by atoms with van der Waals surface area (Å²) in [5.74, 6) is -0.588. The standard InChI is InChI=1S/C64H111N2O7P/c1-7-10-13-16-19-22-25-27-29-30-31-32-33-34-35-36-37-38-41-44-47-50-53-56-63(67)65-61(60-72-74(69,70)71-59-58-66(4,5)6)62(55-52-49-46-43-40-24-21-18-15-12-9-3)73-64(68)57-54-51-48-45-42-39-28-26-23-20-17-14-11-8-2/h10-11,13-14,19-20,22-23,27,29,31-32,34-35,37-38,52,55,61-62H,7-9,12,15-18,21,24-26,28,30,33,36,39-51,53-54,56-60H2,1-6H3,(H-,65,67,69,70)/b13-10-,14-11+,22-19-,23-20+,29-27-,32-31-,35-34-,38-37-,55-52-. The van der Waals surface area contributed by atoms with Crippen LogP contribution < -0.4 is 10.2 Å². The fourth-order valence-electron chi connectivity index (χ4n) is 7.91. The molecule has 0 saturated carbocycles. The van der Waals surface area contributed by atoms with Crippen LogP contribution in [0.2, 0.25) is 0 Å². The topological polar surface area (TPSA) is 114 Å². The zero-order chi connectivity index (χ0) is 54.3. The minimum atomic E-state index is -4.71. The summed E-state index contributed by atoms with van der Waals surface area (Å²) < 4.78 is 30.2. The van der Waals surface area contributed by atoms with E-state index in [0.29, 0.717) is 23.9 Å². The molecule has 0 saturated heterocycles. The zero-order valence-corrected chi connectivity index (χ0v) is 49.1. The van der Waals surface area contributed by atoms with Gasteiger partial charge in [0.1, 0.15) is 19.3 Å². The highest BCUT2D eigenvalue weighted by Gasteiger charge is 2.27. The second kappa shape index (κ2) is 53.1. The number of nitrogens with zero attached hydrogens (tertiary/aromatic N) is 1. The molecule has 0 rings (SSSR count). The molecule has 0 aromatic rings. The first-order valence-corrected chi connectivity index (χ1v) is 31.2. The number of phosphoric ester groups is 1. The number of likely N-dealkylation sites (N-methyl/N-ethyl adjacent to an activating group) is 1. The van der Waals surface area contributed by atoms with Crippen molar-refractivity contribution in [1.82, 2.24) is 5.32 Å². The predicted octanol–water partition coefficient (Wildman–Crippen LogP) is 17.5. The quantitative estimate of drug-likeness (QED) is 0.0212. The number of quaternary nitrogens is 1. The van der Waals surface area contributed by atoms with Crippen LogP contribution in [0.25, 0.3) is 0 Å². The molecular weight excluding hydrogens is 940 g/mol. The molecule has 0 bridgehead atoms. The number of carbonyl (C=O) groups excluding carboxylic acids is 2. The molecule has 3 atom stereocenters. The monoisotopic (exact) mass is 1050 g/mol. The number of hydrogen-bond donors (Lipinski definition) is 1. The van der Waals surface area contributed by atoms with Gasteiger partial charge in [-0.3, -0.25) is 14.2 Å². The second-order valence-electron chi connectivity index (χ2n) is 20.7. The zero-order valence-electron chi connectivity index (χ0n) is 48.3. The molecule has 74 heavy (non-hydrogen) atoms. The van der Waals surface area contributed by atoms with E-state index in [1.54, 1.807) is 0 Å². The van der Waals surface area contributed by atoms with Crippen molar-refractivity contribution in [1.29, 1.82) is 0 Å². The number of nitrogens with one attached hydrogen (secondary N) is 1. The molecular formula is C64H111N2O7P. The number of esters is 1. The van der Waals surface area contributed by atoms with Crippen molar-refractivity contribution in [3.63, 3.8) is 0 Å². The number of carbonyl (C=O) groups is 2. The summed E-state index contributed by atoms with van der Waals surface area (Å²) in [6.07, 6.45) is 72.0. The molecule has 10 heteroatoms. The third kappa shape index (κ3) is 53.5. The van der Waals surface area contributed by atoms with Gasteiger partial charge in [0.05, 0.1) is 33.8 Å². The fraction of sp³-hybridized carbons (Fsp3) is 0.688. The van der Waals surface area contributed by atoms with Crippen molar-refractivity contribution >= 4 is 19.7 Å². The van der Waals surface area contributed by atoms with Gasteiger partial charge in [-0.1, -0.05) is 220 Å². The average Bonchev–Trinajstić information content (AvgIpc) is 3.36. The SMILES string of the molecule is CC/C=C\C/C=C\C/C=C\C/C=C\C/C=C\C/C=C\CCCCCCC(=O)NC(COP(=O)([O-])OCC[N+](C)(C)C)C(/C=C\CCCCCCCCCCC)OC(=O)CCCCCCCCC/C=C/C/C=C/CC. The highest BCUT2D eigenvalue weighted by Crippen LogP contribution is 2.38. The van der Waals surface area contributed by atoms with E-state index in [1.807, 2.05) is 33.3 Å². The Labute approximate surface area is 455 Å². The van der Waals surface area contributed by atoms with Gasteiger partial charge in [0.25, 0.3) is 7.82 Å². The fourth-order valence-corrected chi connectivity index (χ4v) is 8.64. The molecule has 424 valence electrons. The molecule has 0 aliphatic rings. The maximum Gasteiger partial charge on any atom is 0.306 e. The summed E-state index contributed by atoms with van der Waals surface area (Å²) >= 11 is 0. The van der Waals surface area contributed by atoms with E-state index >= 15 is 0 Å². The molecule has 3 unspecified atom stereocenters. The largest absolute Gasteiger partial charge is 0.756 e. The van der Waals surface area contributed by atoms with Crippen LogP contribution in [0, 0.1) is 0 Å². The lowest BCUT2D eigenvalue weighted by Crippen LogP contribution is -2.47. The Kier molecular flexibility index (Phi) is 50.7. The lowest BCUT2D eigenvalue weighted by Gasteiger charge is -2.30. The smallest absolute Gasteiger partial charge is 0.306 e. The first-order chi connectivity index (χ1) is 35.9. The van der Waals surface area contributed by atoms with Gasteiger partial charge >= 0.3 is 5.97 Å². The van der Waals surface area contributed by atoms with Gasteiger partial charge in [0.2, 0.25) is 5.91 Å². The van der Waals surface area contributed by atoms with E-state index in [4.69, 9.17) is 13.8 Å². The van der Waals surface area contributed by atoms with Gasteiger partial charge in [-0.05, 0) is 109 Å². The number of amides is 1. The van der Waals surface area contributed by atoms with Gasteiger partial charge in [-0.15, -0.1) is 0 Å². The molecule has 0 fully saturated rings. The first-order valence-electron chi connectivity index (χ1n) is 29.7. The molecule has 1 amide bonds.